The van der Waals surface area contributed by atoms with Crippen LogP contribution in [-0.2, 0) is 23.7 Å². The predicted octanol–water partition coefficient (Wildman–Crippen LogP) is -1.12. The third-order valence-corrected chi connectivity index (χ3v) is 5.00. The Morgan fingerprint density at radius 3 is 1.21 bits per heavy atom. The fourth-order valence-corrected chi connectivity index (χ4v) is 3.17. The smallest absolute Gasteiger partial charge is 0.0594 e. The van der Waals surface area contributed by atoms with Gasteiger partial charge in [0, 0.05) is 65.4 Å². The zero-order chi connectivity index (χ0) is 20.2. The molecule has 0 atom stereocenters. The lowest BCUT2D eigenvalue weighted by molar-refractivity contribution is 0.0327. The van der Waals surface area contributed by atoms with Crippen LogP contribution in [0.4, 0.5) is 0 Å². The Kier molecular flexibility index (Phi) is 15.8. The number of hydrogen-bond donors (Lipinski definition) is 2. The highest BCUT2D eigenvalue weighted by Crippen LogP contribution is 1.95. The fraction of sp³-hybridized carbons (Fsp3) is 1.00. The molecular formula is C20H42N4O5. The Bertz CT molecular complexity index is 312. The van der Waals surface area contributed by atoms with Crippen LogP contribution in [0.5, 0.6) is 0 Å². The van der Waals surface area contributed by atoms with Gasteiger partial charge in [-0.2, -0.15) is 0 Å². The summed E-state index contributed by atoms with van der Waals surface area (Å²) in [4.78, 5) is 4.72. The maximum atomic E-state index is 5.92. The van der Waals surface area contributed by atoms with Gasteiger partial charge in [0.2, 0.25) is 0 Å². The van der Waals surface area contributed by atoms with Crippen LogP contribution in [0.3, 0.4) is 0 Å². The first kappa shape index (κ1) is 24.9. The molecule has 0 aliphatic carbocycles. The summed E-state index contributed by atoms with van der Waals surface area (Å²) in [7, 11) is 0. The number of nitrogens with one attached hydrogen (secondary N) is 2. The van der Waals surface area contributed by atoms with Crippen LogP contribution < -0.4 is 10.6 Å². The largest absolute Gasteiger partial charge is 0.379 e. The van der Waals surface area contributed by atoms with E-state index in [4.69, 9.17) is 23.7 Å². The van der Waals surface area contributed by atoms with E-state index in [-0.39, 0.29) is 0 Å². The molecule has 0 aromatic rings. The average molecular weight is 419 g/mol. The molecule has 2 saturated heterocycles. The minimum Gasteiger partial charge on any atom is -0.379 e. The lowest BCUT2D eigenvalue weighted by atomic mass is 10.4. The Morgan fingerprint density at radius 2 is 0.862 bits per heavy atom. The third kappa shape index (κ3) is 14.3. The first-order valence-corrected chi connectivity index (χ1v) is 11.2. The summed E-state index contributed by atoms with van der Waals surface area (Å²) in [6, 6.07) is 0. The molecule has 0 radical (unpaired) electrons. The predicted molar refractivity (Wildman–Crippen MR) is 113 cm³/mol. The second-order valence-corrected chi connectivity index (χ2v) is 7.25. The van der Waals surface area contributed by atoms with Gasteiger partial charge in [-0.05, 0) is 0 Å². The Hall–Kier alpha value is -0.360. The molecule has 172 valence electrons. The normalized spacial score (nSPS) is 24.0. The Balaban J connectivity index is 1.56. The van der Waals surface area contributed by atoms with Gasteiger partial charge < -0.3 is 34.3 Å². The van der Waals surface area contributed by atoms with Crippen molar-refractivity contribution >= 4 is 0 Å². The Labute approximate surface area is 176 Å². The van der Waals surface area contributed by atoms with Gasteiger partial charge in [0.15, 0.2) is 0 Å². The van der Waals surface area contributed by atoms with Crippen molar-refractivity contribution in [2.75, 3.05) is 132 Å². The molecule has 0 amide bonds. The molecule has 9 heteroatoms. The molecule has 2 heterocycles. The van der Waals surface area contributed by atoms with Crippen LogP contribution in [0.2, 0.25) is 0 Å². The maximum absolute atomic E-state index is 5.92. The van der Waals surface area contributed by atoms with Gasteiger partial charge in [-0.1, -0.05) is 0 Å². The molecule has 0 unspecified atom stereocenters. The second-order valence-electron chi connectivity index (χ2n) is 7.25. The lowest BCUT2D eigenvalue weighted by Crippen LogP contribution is -2.37. The van der Waals surface area contributed by atoms with Crippen LogP contribution in [0.25, 0.3) is 0 Å². The van der Waals surface area contributed by atoms with E-state index in [0.29, 0.717) is 0 Å². The van der Waals surface area contributed by atoms with E-state index in [0.717, 1.165) is 132 Å². The number of nitrogens with zero attached hydrogens (tertiary/aromatic N) is 2. The minimum atomic E-state index is 0.730. The quantitative estimate of drug-likeness (QED) is 0.522. The van der Waals surface area contributed by atoms with Gasteiger partial charge >= 0.3 is 0 Å². The van der Waals surface area contributed by atoms with E-state index < -0.39 is 0 Å². The van der Waals surface area contributed by atoms with Crippen molar-refractivity contribution in [3.05, 3.63) is 0 Å². The van der Waals surface area contributed by atoms with Gasteiger partial charge in [0.25, 0.3) is 0 Å². The second kappa shape index (κ2) is 18.4. The molecule has 0 spiro atoms. The maximum Gasteiger partial charge on any atom is 0.0594 e. The summed E-state index contributed by atoms with van der Waals surface area (Å²) in [5.41, 5.74) is 0. The molecule has 0 aromatic heterocycles. The number of rotatable bonds is 6. The Morgan fingerprint density at radius 1 is 0.517 bits per heavy atom. The summed E-state index contributed by atoms with van der Waals surface area (Å²) in [5, 5.41) is 6.61. The highest BCUT2D eigenvalue weighted by atomic mass is 16.5. The zero-order valence-corrected chi connectivity index (χ0v) is 18.1. The summed E-state index contributed by atoms with van der Waals surface area (Å²) in [6.07, 6.45) is 0. The van der Waals surface area contributed by atoms with E-state index >= 15 is 0 Å². The van der Waals surface area contributed by atoms with Crippen LogP contribution >= 0.6 is 0 Å². The van der Waals surface area contributed by atoms with E-state index in [1.54, 1.807) is 0 Å². The first-order chi connectivity index (χ1) is 14.4. The molecule has 0 saturated carbocycles. The molecule has 29 heavy (non-hydrogen) atoms. The molecule has 2 N–H and O–H groups in total. The summed E-state index contributed by atoms with van der Waals surface area (Å²) in [6.45, 7) is 16.5. The van der Waals surface area contributed by atoms with Crippen molar-refractivity contribution in [1.82, 2.24) is 20.4 Å². The van der Waals surface area contributed by atoms with E-state index in [1.165, 1.54) is 0 Å². The highest BCUT2D eigenvalue weighted by Gasteiger charge is 2.08. The zero-order valence-electron chi connectivity index (χ0n) is 18.1. The van der Waals surface area contributed by atoms with Crippen molar-refractivity contribution in [2.24, 2.45) is 0 Å². The van der Waals surface area contributed by atoms with Gasteiger partial charge in [0.05, 0.1) is 66.1 Å². The van der Waals surface area contributed by atoms with Gasteiger partial charge in [-0.15, -0.1) is 0 Å². The molecule has 2 aliphatic heterocycles. The molecule has 2 fully saturated rings. The van der Waals surface area contributed by atoms with Crippen molar-refractivity contribution in [2.45, 2.75) is 0 Å². The van der Waals surface area contributed by atoms with Crippen LogP contribution in [0.1, 0.15) is 0 Å². The SMILES string of the molecule is C1COCCN(CCOCCN2CCOCCNCCOCC2)CCOCCN1. The third-order valence-electron chi connectivity index (χ3n) is 5.00. The standard InChI is InChI=1S/C20H42N4O5/c1-11-25-15-5-23(6-16-26-12-2-21-1)9-19-29-20-10-24-7-17-27-13-3-22-4-14-28-18-8-24/h21-22H,1-20H2. The summed E-state index contributed by atoms with van der Waals surface area (Å²) < 4.78 is 28.6. The highest BCUT2D eigenvalue weighted by molar-refractivity contribution is 4.61. The van der Waals surface area contributed by atoms with Gasteiger partial charge in [0.1, 0.15) is 0 Å². The van der Waals surface area contributed by atoms with Gasteiger partial charge in [-0.3, -0.25) is 9.80 Å². The van der Waals surface area contributed by atoms with Crippen LogP contribution in [-0.4, -0.2) is 141 Å². The molecule has 9 nitrogen and oxygen atoms in total. The average Bonchev–Trinajstić information content (AvgIpc) is 2.71. The first-order valence-electron chi connectivity index (χ1n) is 11.2. The van der Waals surface area contributed by atoms with Crippen molar-refractivity contribution < 1.29 is 23.7 Å². The fourth-order valence-electron chi connectivity index (χ4n) is 3.17. The molecule has 2 rings (SSSR count). The van der Waals surface area contributed by atoms with Crippen LogP contribution in [0, 0.1) is 0 Å². The summed E-state index contributed by atoms with van der Waals surface area (Å²) >= 11 is 0. The van der Waals surface area contributed by atoms with Crippen molar-refractivity contribution in [3.8, 4) is 0 Å². The molecular weight excluding hydrogens is 376 g/mol. The molecule has 0 bridgehead atoms. The molecule has 0 aromatic carbocycles. The van der Waals surface area contributed by atoms with Crippen molar-refractivity contribution in [3.63, 3.8) is 0 Å². The lowest BCUT2D eigenvalue weighted by Gasteiger charge is -2.24. The minimum absolute atomic E-state index is 0.730. The number of hydrogen-bond acceptors (Lipinski definition) is 9. The number of ether oxygens (including phenoxy) is 5. The van der Waals surface area contributed by atoms with E-state index in [1.807, 2.05) is 0 Å². The van der Waals surface area contributed by atoms with E-state index in [2.05, 4.69) is 20.4 Å². The van der Waals surface area contributed by atoms with Crippen molar-refractivity contribution in [1.29, 1.82) is 0 Å². The summed E-state index contributed by atoms with van der Waals surface area (Å²) in [5.74, 6) is 0. The monoisotopic (exact) mass is 418 g/mol. The van der Waals surface area contributed by atoms with E-state index in [9.17, 15) is 0 Å². The molecule has 2 aliphatic rings. The topological polar surface area (TPSA) is 76.7 Å². The van der Waals surface area contributed by atoms with Gasteiger partial charge in [-0.25, -0.2) is 0 Å². The van der Waals surface area contributed by atoms with Crippen LogP contribution in [0.15, 0.2) is 0 Å².